The van der Waals surface area contributed by atoms with Gasteiger partial charge >= 0.3 is 0 Å². The largest absolute Gasteiger partial charge is 0.311 e. The summed E-state index contributed by atoms with van der Waals surface area (Å²) in [5.41, 5.74) is 4.39. The molecule has 2 atom stereocenters. The number of aromatic nitrogens is 4. The predicted molar refractivity (Wildman–Crippen MR) is 102 cm³/mol. The number of hydrogen-bond acceptors (Lipinski definition) is 5. The fourth-order valence-corrected chi connectivity index (χ4v) is 4.65. The van der Waals surface area contributed by atoms with E-state index >= 15 is 0 Å². The summed E-state index contributed by atoms with van der Waals surface area (Å²) in [6.45, 7) is 3.59. The Labute approximate surface area is 157 Å². The van der Waals surface area contributed by atoms with Gasteiger partial charge in [-0.05, 0) is 30.5 Å². The molecule has 0 unspecified atom stereocenters. The van der Waals surface area contributed by atoms with Gasteiger partial charge in [-0.25, -0.2) is 9.97 Å². The molecule has 1 saturated heterocycles. The van der Waals surface area contributed by atoms with Gasteiger partial charge < -0.3 is 4.57 Å². The third-order valence-corrected chi connectivity index (χ3v) is 5.65. The highest BCUT2D eigenvalue weighted by Gasteiger charge is 2.36. The quantitative estimate of drug-likeness (QED) is 0.718. The van der Waals surface area contributed by atoms with Crippen LogP contribution in [-0.4, -0.2) is 37.5 Å². The van der Waals surface area contributed by atoms with E-state index in [1.165, 1.54) is 6.33 Å². The van der Waals surface area contributed by atoms with Crippen LogP contribution < -0.4 is 5.56 Å². The molecule has 6 nitrogen and oxygen atoms in total. The summed E-state index contributed by atoms with van der Waals surface area (Å²) in [4.78, 5) is 27.8. The Bertz CT molecular complexity index is 1000. The lowest BCUT2D eigenvalue weighted by atomic mass is 9.80. The van der Waals surface area contributed by atoms with Crippen molar-refractivity contribution in [2.75, 3.05) is 13.1 Å². The molecule has 0 aromatic carbocycles. The minimum atomic E-state index is 0.0958. The van der Waals surface area contributed by atoms with E-state index in [0.29, 0.717) is 11.8 Å². The van der Waals surface area contributed by atoms with E-state index in [1.807, 2.05) is 41.4 Å². The van der Waals surface area contributed by atoms with E-state index in [9.17, 15) is 4.79 Å². The first-order valence-electron chi connectivity index (χ1n) is 9.39. The van der Waals surface area contributed by atoms with Gasteiger partial charge in [-0.3, -0.25) is 14.7 Å². The summed E-state index contributed by atoms with van der Waals surface area (Å²) in [5, 5.41) is 0. The van der Waals surface area contributed by atoms with E-state index in [0.717, 1.165) is 55.1 Å². The lowest BCUT2D eigenvalue weighted by Crippen LogP contribution is -2.47. The zero-order valence-corrected chi connectivity index (χ0v) is 15.0. The minimum Gasteiger partial charge on any atom is -0.311 e. The second-order valence-electron chi connectivity index (χ2n) is 7.52. The second kappa shape index (κ2) is 6.70. The van der Waals surface area contributed by atoms with Crippen molar-refractivity contribution >= 4 is 0 Å². The zero-order valence-electron chi connectivity index (χ0n) is 15.0. The molecule has 0 N–H and O–H groups in total. The molecular weight excluding hydrogens is 338 g/mol. The third-order valence-electron chi connectivity index (χ3n) is 5.65. The monoisotopic (exact) mass is 359 g/mol. The van der Waals surface area contributed by atoms with Crippen LogP contribution in [0, 0.1) is 5.92 Å². The molecule has 136 valence electrons. The van der Waals surface area contributed by atoms with Crippen LogP contribution in [0.15, 0.2) is 60.0 Å². The van der Waals surface area contributed by atoms with Crippen LogP contribution in [0.25, 0.3) is 11.1 Å². The van der Waals surface area contributed by atoms with Crippen LogP contribution in [0.5, 0.6) is 0 Å². The molecule has 5 heterocycles. The van der Waals surface area contributed by atoms with Crippen molar-refractivity contribution in [1.29, 1.82) is 0 Å². The maximum absolute atomic E-state index is 12.6. The van der Waals surface area contributed by atoms with Crippen LogP contribution in [-0.2, 0) is 13.1 Å². The molecule has 3 aromatic rings. The van der Waals surface area contributed by atoms with Crippen molar-refractivity contribution in [1.82, 2.24) is 24.4 Å². The van der Waals surface area contributed by atoms with Gasteiger partial charge in [0.2, 0.25) is 0 Å². The number of pyridine rings is 2. The van der Waals surface area contributed by atoms with E-state index in [1.54, 1.807) is 6.07 Å². The third kappa shape index (κ3) is 3.06. The zero-order chi connectivity index (χ0) is 18.2. The predicted octanol–water partition coefficient (Wildman–Crippen LogP) is 2.32. The van der Waals surface area contributed by atoms with Crippen molar-refractivity contribution in [3.05, 3.63) is 77.0 Å². The van der Waals surface area contributed by atoms with Gasteiger partial charge in [0.15, 0.2) is 0 Å². The van der Waals surface area contributed by atoms with Crippen molar-refractivity contribution in [3.63, 3.8) is 0 Å². The van der Waals surface area contributed by atoms with Crippen molar-refractivity contribution in [2.24, 2.45) is 5.92 Å². The minimum absolute atomic E-state index is 0.0958. The van der Waals surface area contributed by atoms with Crippen molar-refractivity contribution in [2.45, 2.75) is 25.4 Å². The lowest BCUT2D eigenvalue weighted by molar-refractivity contribution is 0.113. The molecule has 3 aromatic heterocycles. The van der Waals surface area contributed by atoms with Crippen LogP contribution in [0.2, 0.25) is 0 Å². The first kappa shape index (κ1) is 16.3. The van der Waals surface area contributed by atoms with Gasteiger partial charge in [-0.2, -0.15) is 0 Å². The molecule has 2 aliphatic heterocycles. The van der Waals surface area contributed by atoms with Crippen molar-refractivity contribution < 1.29 is 0 Å². The maximum atomic E-state index is 12.6. The van der Waals surface area contributed by atoms with Gasteiger partial charge in [0.25, 0.3) is 5.56 Å². The number of rotatable bonds is 3. The Morgan fingerprint density at radius 2 is 1.93 bits per heavy atom. The summed E-state index contributed by atoms with van der Waals surface area (Å²) >= 11 is 0. The second-order valence-corrected chi connectivity index (χ2v) is 7.52. The summed E-state index contributed by atoms with van der Waals surface area (Å²) < 4.78 is 1.99. The highest BCUT2D eigenvalue weighted by molar-refractivity contribution is 5.65. The molecule has 6 heteroatoms. The first-order chi connectivity index (χ1) is 13.3. The van der Waals surface area contributed by atoms with Gasteiger partial charge in [0.05, 0.1) is 5.69 Å². The summed E-state index contributed by atoms with van der Waals surface area (Å²) in [6.07, 6.45) is 8.17. The van der Waals surface area contributed by atoms with Gasteiger partial charge in [0.1, 0.15) is 6.33 Å². The van der Waals surface area contributed by atoms with Crippen LogP contribution >= 0.6 is 0 Å². The van der Waals surface area contributed by atoms with E-state index in [4.69, 9.17) is 0 Å². The fourth-order valence-electron chi connectivity index (χ4n) is 4.65. The molecular formula is C21H21N5O. The maximum Gasteiger partial charge on any atom is 0.250 e. The summed E-state index contributed by atoms with van der Waals surface area (Å²) in [7, 11) is 0. The summed E-state index contributed by atoms with van der Waals surface area (Å²) in [5.74, 6) is 0.838. The van der Waals surface area contributed by atoms with E-state index < -0.39 is 0 Å². The average molecular weight is 359 g/mol. The van der Waals surface area contributed by atoms with E-state index in [2.05, 4.69) is 25.9 Å². The van der Waals surface area contributed by atoms with Crippen LogP contribution in [0.3, 0.4) is 0 Å². The number of nitrogens with zero attached hydrogens (tertiary/aromatic N) is 5. The molecule has 2 bridgehead atoms. The number of fused-ring (bicyclic) bond motifs is 4. The fraction of sp³-hybridized carbons (Fsp3) is 0.333. The number of hydrogen-bond donors (Lipinski definition) is 0. The van der Waals surface area contributed by atoms with Crippen LogP contribution in [0.1, 0.15) is 23.7 Å². The Morgan fingerprint density at radius 3 is 2.74 bits per heavy atom. The molecule has 0 saturated carbocycles. The van der Waals surface area contributed by atoms with E-state index in [-0.39, 0.29) is 5.56 Å². The molecule has 0 spiro atoms. The molecule has 0 amide bonds. The smallest absolute Gasteiger partial charge is 0.250 e. The summed E-state index contributed by atoms with van der Waals surface area (Å²) in [6, 6.07) is 9.68. The Kier molecular flexibility index (Phi) is 4.05. The Hall–Kier alpha value is -2.86. The molecule has 1 fully saturated rings. The van der Waals surface area contributed by atoms with Gasteiger partial charge in [0, 0.05) is 73.6 Å². The molecule has 2 aliphatic rings. The Morgan fingerprint density at radius 1 is 1.04 bits per heavy atom. The molecule has 5 rings (SSSR count). The Balaban J connectivity index is 1.52. The normalized spacial score (nSPS) is 21.6. The molecule has 0 aliphatic carbocycles. The average Bonchev–Trinajstić information content (AvgIpc) is 2.70. The molecule has 27 heavy (non-hydrogen) atoms. The highest BCUT2D eigenvalue weighted by atomic mass is 16.1. The topological polar surface area (TPSA) is 63.9 Å². The lowest BCUT2D eigenvalue weighted by Gasteiger charge is -2.43. The van der Waals surface area contributed by atoms with Crippen LogP contribution in [0.4, 0.5) is 0 Å². The SMILES string of the molecule is O=c1ccc(-c2cncnc2)c2n1C[C@@H]1C[C@@H]2CN(Cc2ccccn2)C1. The molecule has 0 radical (unpaired) electrons. The first-order valence-corrected chi connectivity index (χ1v) is 9.39. The van der Waals surface area contributed by atoms with Crippen molar-refractivity contribution in [3.8, 4) is 11.1 Å². The number of likely N-dealkylation sites (tertiary alicyclic amines) is 1. The highest BCUT2D eigenvalue weighted by Crippen LogP contribution is 2.39. The number of piperidine rings is 1. The van der Waals surface area contributed by atoms with Gasteiger partial charge in [-0.1, -0.05) is 6.07 Å². The standard InChI is InChI=1S/C21H21N5O/c27-20-5-4-19(17-8-22-14-23-9-17)21-16-7-15(11-26(20)21)10-25(12-16)13-18-3-1-2-6-24-18/h1-6,8-9,14-16H,7,10-13H2/t15-,16-/m1/s1. The van der Waals surface area contributed by atoms with Gasteiger partial charge in [-0.15, -0.1) is 0 Å².